The molecule has 1 aromatic heterocycles. The molecule has 1 unspecified atom stereocenters. The zero-order chi connectivity index (χ0) is 12.6. The Morgan fingerprint density at radius 3 is 2.84 bits per heavy atom. The van der Waals surface area contributed by atoms with Crippen LogP contribution in [0, 0.1) is 5.82 Å². The molecular formula is C13H15ClFN3O. The molecule has 102 valence electrons. The van der Waals surface area contributed by atoms with Crippen molar-refractivity contribution in [3.8, 4) is 11.4 Å². The van der Waals surface area contributed by atoms with Gasteiger partial charge in [0.25, 0.3) is 0 Å². The minimum absolute atomic E-state index is 0. The van der Waals surface area contributed by atoms with Gasteiger partial charge in [0.2, 0.25) is 11.7 Å². The summed E-state index contributed by atoms with van der Waals surface area (Å²) in [5.41, 5.74) is 0.235. The van der Waals surface area contributed by atoms with Gasteiger partial charge >= 0.3 is 0 Å². The van der Waals surface area contributed by atoms with Gasteiger partial charge in [0.1, 0.15) is 5.82 Å². The zero-order valence-electron chi connectivity index (χ0n) is 10.5. The van der Waals surface area contributed by atoms with Crippen molar-refractivity contribution in [1.29, 1.82) is 0 Å². The van der Waals surface area contributed by atoms with Gasteiger partial charge in [0.05, 0.1) is 11.0 Å². The van der Waals surface area contributed by atoms with Crippen LogP contribution in [0.1, 0.15) is 19.2 Å². The number of nitrogens with zero attached hydrogens (tertiary/aromatic N) is 2. The number of halogens is 2. The molecule has 0 aliphatic carbocycles. The van der Waals surface area contributed by atoms with Crippen LogP contribution in [0.15, 0.2) is 28.8 Å². The lowest BCUT2D eigenvalue weighted by Gasteiger charge is -2.15. The third kappa shape index (κ3) is 2.48. The van der Waals surface area contributed by atoms with E-state index in [4.69, 9.17) is 4.52 Å². The summed E-state index contributed by atoms with van der Waals surface area (Å²) in [5.74, 6) is 0.557. The van der Waals surface area contributed by atoms with Gasteiger partial charge in [-0.25, -0.2) is 4.39 Å². The number of hydrogen-bond donors (Lipinski definition) is 1. The van der Waals surface area contributed by atoms with Crippen molar-refractivity contribution in [3.63, 3.8) is 0 Å². The molecule has 0 spiro atoms. The fourth-order valence-corrected chi connectivity index (χ4v) is 2.22. The minimum atomic E-state index is -0.334. The summed E-state index contributed by atoms with van der Waals surface area (Å²) in [5, 5.41) is 7.15. The van der Waals surface area contributed by atoms with Gasteiger partial charge in [0.15, 0.2) is 0 Å². The van der Waals surface area contributed by atoms with Gasteiger partial charge in [0, 0.05) is 6.54 Å². The highest BCUT2D eigenvalue weighted by Crippen LogP contribution is 2.30. The molecule has 1 aliphatic rings. The van der Waals surface area contributed by atoms with Crippen molar-refractivity contribution in [3.05, 3.63) is 36.0 Å². The van der Waals surface area contributed by atoms with Gasteiger partial charge < -0.3 is 9.84 Å². The van der Waals surface area contributed by atoms with E-state index in [0.717, 1.165) is 19.5 Å². The van der Waals surface area contributed by atoms with Crippen LogP contribution >= 0.6 is 12.4 Å². The molecule has 0 amide bonds. The summed E-state index contributed by atoms with van der Waals surface area (Å²) in [4.78, 5) is 4.34. The van der Waals surface area contributed by atoms with Gasteiger partial charge in [-0.2, -0.15) is 4.98 Å². The maximum Gasteiger partial charge on any atom is 0.234 e. The van der Waals surface area contributed by atoms with Crippen LogP contribution in [0.4, 0.5) is 4.39 Å². The van der Waals surface area contributed by atoms with Gasteiger partial charge in [-0.1, -0.05) is 17.3 Å². The van der Waals surface area contributed by atoms with E-state index in [9.17, 15) is 4.39 Å². The first kappa shape index (κ1) is 14.0. The van der Waals surface area contributed by atoms with Crippen molar-refractivity contribution in [2.75, 3.05) is 13.1 Å². The minimum Gasteiger partial charge on any atom is -0.338 e. The van der Waals surface area contributed by atoms with Crippen molar-refractivity contribution in [2.24, 2.45) is 0 Å². The predicted molar refractivity (Wildman–Crippen MR) is 71.8 cm³/mol. The summed E-state index contributed by atoms with van der Waals surface area (Å²) in [6.45, 7) is 3.82. The first-order valence-electron chi connectivity index (χ1n) is 5.99. The normalized spacial score (nSPS) is 22.2. The molecule has 1 aliphatic heterocycles. The molecule has 1 saturated heterocycles. The Labute approximate surface area is 116 Å². The molecule has 0 radical (unpaired) electrons. The Bertz CT molecular complexity index is 567. The average Bonchev–Trinajstić information content (AvgIpc) is 2.99. The van der Waals surface area contributed by atoms with E-state index < -0.39 is 0 Å². The van der Waals surface area contributed by atoms with E-state index >= 15 is 0 Å². The van der Waals surface area contributed by atoms with Crippen LogP contribution in [0.2, 0.25) is 0 Å². The van der Waals surface area contributed by atoms with Crippen molar-refractivity contribution < 1.29 is 8.91 Å². The Balaban J connectivity index is 0.00000133. The summed E-state index contributed by atoms with van der Waals surface area (Å²) in [6.07, 6.45) is 0.950. The predicted octanol–water partition coefficient (Wildman–Crippen LogP) is 2.55. The molecule has 2 heterocycles. The monoisotopic (exact) mass is 283 g/mol. The Hall–Kier alpha value is -1.46. The summed E-state index contributed by atoms with van der Waals surface area (Å²) in [6, 6.07) is 6.44. The molecule has 19 heavy (non-hydrogen) atoms. The standard InChI is InChI=1S/C13H14FN3O.ClH/c1-13(6-7-15-8-13)12-16-11(17-18-12)9-4-2-3-5-10(9)14;/h2-5,15H,6-8H2,1H3;1H. The first-order valence-corrected chi connectivity index (χ1v) is 5.99. The molecule has 1 N–H and O–H groups in total. The van der Waals surface area contributed by atoms with Gasteiger partial charge in [-0.15, -0.1) is 12.4 Å². The molecule has 1 fully saturated rings. The fourth-order valence-electron chi connectivity index (χ4n) is 2.22. The number of aromatic nitrogens is 2. The highest BCUT2D eigenvalue weighted by atomic mass is 35.5. The smallest absolute Gasteiger partial charge is 0.234 e. The third-order valence-electron chi connectivity index (χ3n) is 3.43. The molecule has 1 atom stereocenters. The van der Waals surface area contributed by atoms with Gasteiger partial charge in [-0.3, -0.25) is 0 Å². The number of rotatable bonds is 2. The molecule has 6 heteroatoms. The lowest BCUT2D eigenvalue weighted by Crippen LogP contribution is -2.25. The van der Waals surface area contributed by atoms with Crippen LogP contribution < -0.4 is 5.32 Å². The fraction of sp³-hybridized carbons (Fsp3) is 0.385. The zero-order valence-corrected chi connectivity index (χ0v) is 11.3. The van der Waals surface area contributed by atoms with E-state index in [1.165, 1.54) is 6.07 Å². The number of hydrogen-bond acceptors (Lipinski definition) is 4. The summed E-state index contributed by atoms with van der Waals surface area (Å²) in [7, 11) is 0. The average molecular weight is 284 g/mol. The number of benzene rings is 1. The van der Waals surface area contributed by atoms with Crippen molar-refractivity contribution in [2.45, 2.75) is 18.8 Å². The maximum absolute atomic E-state index is 13.6. The van der Waals surface area contributed by atoms with E-state index in [1.54, 1.807) is 18.2 Å². The third-order valence-corrected chi connectivity index (χ3v) is 3.43. The van der Waals surface area contributed by atoms with Crippen LogP contribution in [0.5, 0.6) is 0 Å². The lowest BCUT2D eigenvalue weighted by molar-refractivity contribution is 0.306. The van der Waals surface area contributed by atoms with E-state index in [-0.39, 0.29) is 23.6 Å². The molecule has 1 aromatic carbocycles. The molecule has 0 saturated carbocycles. The Kier molecular flexibility index (Phi) is 3.87. The van der Waals surface area contributed by atoms with Crippen molar-refractivity contribution >= 4 is 12.4 Å². The highest BCUT2D eigenvalue weighted by molar-refractivity contribution is 5.85. The topological polar surface area (TPSA) is 51.0 Å². The summed E-state index contributed by atoms with van der Waals surface area (Å²) < 4.78 is 18.9. The first-order chi connectivity index (χ1) is 8.69. The van der Waals surface area contributed by atoms with Crippen LogP contribution in [0.3, 0.4) is 0 Å². The van der Waals surface area contributed by atoms with E-state index in [0.29, 0.717) is 17.3 Å². The van der Waals surface area contributed by atoms with E-state index in [2.05, 4.69) is 22.4 Å². The summed E-state index contributed by atoms with van der Waals surface area (Å²) >= 11 is 0. The lowest BCUT2D eigenvalue weighted by atomic mass is 9.90. The van der Waals surface area contributed by atoms with Crippen molar-refractivity contribution in [1.82, 2.24) is 15.5 Å². The second-order valence-corrected chi connectivity index (χ2v) is 4.89. The largest absolute Gasteiger partial charge is 0.338 e. The Morgan fingerprint density at radius 1 is 1.37 bits per heavy atom. The molecule has 4 nitrogen and oxygen atoms in total. The molecular weight excluding hydrogens is 269 g/mol. The Morgan fingerprint density at radius 2 is 2.16 bits per heavy atom. The SMILES string of the molecule is CC1(c2nc(-c3ccccc3F)no2)CCNC1.Cl. The molecule has 2 aromatic rings. The molecule has 3 rings (SSSR count). The van der Waals surface area contributed by atoms with Crippen LogP contribution in [0.25, 0.3) is 11.4 Å². The van der Waals surface area contributed by atoms with E-state index in [1.807, 2.05) is 0 Å². The van der Waals surface area contributed by atoms with Gasteiger partial charge in [-0.05, 0) is 32.0 Å². The maximum atomic E-state index is 13.6. The quantitative estimate of drug-likeness (QED) is 0.920. The molecule has 0 bridgehead atoms. The number of nitrogens with one attached hydrogen (secondary N) is 1. The van der Waals surface area contributed by atoms with Crippen LogP contribution in [-0.4, -0.2) is 23.2 Å². The highest BCUT2D eigenvalue weighted by Gasteiger charge is 2.36. The second-order valence-electron chi connectivity index (χ2n) is 4.89. The second kappa shape index (κ2) is 5.27. The van der Waals surface area contributed by atoms with Crippen LogP contribution in [-0.2, 0) is 5.41 Å².